The van der Waals surface area contributed by atoms with Gasteiger partial charge in [0.25, 0.3) is 0 Å². The summed E-state index contributed by atoms with van der Waals surface area (Å²) >= 11 is 0. The van der Waals surface area contributed by atoms with Crippen LogP contribution in [0, 0.1) is 6.92 Å². The van der Waals surface area contributed by atoms with Crippen LogP contribution in [0.2, 0.25) is 0 Å². The van der Waals surface area contributed by atoms with Crippen molar-refractivity contribution < 1.29 is 9.32 Å². The number of hydrogen-bond acceptors (Lipinski definition) is 4. The molecule has 0 saturated heterocycles. The van der Waals surface area contributed by atoms with E-state index in [9.17, 15) is 4.79 Å². The third kappa shape index (κ3) is 4.89. The number of amides is 2. The summed E-state index contributed by atoms with van der Waals surface area (Å²) in [4.78, 5) is 16.3. The lowest BCUT2D eigenvalue weighted by atomic mass is 10.2. The van der Waals surface area contributed by atoms with E-state index in [0.717, 1.165) is 12.1 Å². The van der Waals surface area contributed by atoms with Crippen LogP contribution >= 0.6 is 0 Å². The van der Waals surface area contributed by atoms with Gasteiger partial charge in [0.15, 0.2) is 5.82 Å². The molecule has 0 fully saturated rings. The SMILES string of the molecule is Cc1cc(NC(=O)N(CCN(C)C)Cc2ccccc2)no1. The van der Waals surface area contributed by atoms with Crippen molar-refractivity contribution in [2.45, 2.75) is 13.5 Å². The first kappa shape index (κ1) is 16.0. The Balaban J connectivity index is 2.03. The molecule has 6 nitrogen and oxygen atoms in total. The quantitative estimate of drug-likeness (QED) is 0.891. The number of nitrogens with one attached hydrogen (secondary N) is 1. The summed E-state index contributed by atoms with van der Waals surface area (Å²) in [5.74, 6) is 1.10. The Labute approximate surface area is 130 Å². The van der Waals surface area contributed by atoms with E-state index >= 15 is 0 Å². The number of carbonyl (C=O) groups excluding carboxylic acids is 1. The second-order valence-electron chi connectivity index (χ2n) is 5.46. The lowest BCUT2D eigenvalue weighted by molar-refractivity contribution is 0.202. The van der Waals surface area contributed by atoms with E-state index in [1.165, 1.54) is 0 Å². The molecule has 0 saturated carbocycles. The lowest BCUT2D eigenvalue weighted by Gasteiger charge is -2.24. The molecule has 22 heavy (non-hydrogen) atoms. The summed E-state index contributed by atoms with van der Waals surface area (Å²) in [6, 6.07) is 11.4. The van der Waals surface area contributed by atoms with Gasteiger partial charge >= 0.3 is 6.03 Å². The second-order valence-corrected chi connectivity index (χ2v) is 5.46. The highest BCUT2D eigenvalue weighted by atomic mass is 16.5. The van der Waals surface area contributed by atoms with Gasteiger partial charge in [0.1, 0.15) is 5.76 Å². The highest BCUT2D eigenvalue weighted by molar-refractivity contribution is 5.88. The van der Waals surface area contributed by atoms with Crippen molar-refractivity contribution >= 4 is 11.8 Å². The Morgan fingerprint density at radius 3 is 2.55 bits per heavy atom. The molecule has 0 radical (unpaired) electrons. The van der Waals surface area contributed by atoms with Crippen molar-refractivity contribution in [3.63, 3.8) is 0 Å². The number of nitrogens with zero attached hydrogens (tertiary/aromatic N) is 3. The molecule has 0 atom stereocenters. The highest BCUT2D eigenvalue weighted by Gasteiger charge is 2.15. The summed E-state index contributed by atoms with van der Waals surface area (Å²) in [6.45, 7) is 3.76. The zero-order valence-corrected chi connectivity index (χ0v) is 13.2. The number of likely N-dealkylation sites (N-methyl/N-ethyl adjacent to an activating group) is 1. The average molecular weight is 302 g/mol. The lowest BCUT2D eigenvalue weighted by Crippen LogP contribution is -2.39. The minimum Gasteiger partial charge on any atom is -0.360 e. The topological polar surface area (TPSA) is 61.6 Å². The Bertz CT molecular complexity index is 595. The number of aryl methyl sites for hydroxylation is 1. The van der Waals surface area contributed by atoms with E-state index < -0.39 is 0 Å². The van der Waals surface area contributed by atoms with Crippen LogP contribution in [0.25, 0.3) is 0 Å². The molecule has 2 aromatic rings. The predicted molar refractivity (Wildman–Crippen MR) is 85.7 cm³/mol. The molecule has 1 aromatic carbocycles. The van der Waals surface area contributed by atoms with Gasteiger partial charge in [-0.3, -0.25) is 5.32 Å². The summed E-state index contributed by atoms with van der Waals surface area (Å²) in [5.41, 5.74) is 1.09. The molecule has 118 valence electrons. The van der Waals surface area contributed by atoms with Crippen molar-refractivity contribution in [2.24, 2.45) is 0 Å². The van der Waals surface area contributed by atoms with Crippen molar-refractivity contribution in [2.75, 3.05) is 32.5 Å². The van der Waals surface area contributed by atoms with Crippen molar-refractivity contribution in [1.82, 2.24) is 15.0 Å². The molecule has 0 bridgehead atoms. The summed E-state index contributed by atoms with van der Waals surface area (Å²) in [5, 5.41) is 6.57. The van der Waals surface area contributed by atoms with Crippen molar-refractivity contribution in [3.8, 4) is 0 Å². The van der Waals surface area contributed by atoms with E-state index in [0.29, 0.717) is 24.7 Å². The number of urea groups is 1. The molecular formula is C16H22N4O2. The second kappa shape index (κ2) is 7.61. The van der Waals surface area contributed by atoms with E-state index in [1.807, 2.05) is 49.3 Å². The fourth-order valence-electron chi connectivity index (χ4n) is 1.99. The molecule has 0 aliphatic heterocycles. The van der Waals surface area contributed by atoms with Gasteiger partial charge in [-0.05, 0) is 26.6 Å². The maximum absolute atomic E-state index is 12.5. The van der Waals surface area contributed by atoms with Crippen LogP contribution in [-0.2, 0) is 6.54 Å². The van der Waals surface area contributed by atoms with Gasteiger partial charge in [0, 0.05) is 25.7 Å². The van der Waals surface area contributed by atoms with Crippen LogP contribution in [0.3, 0.4) is 0 Å². The highest BCUT2D eigenvalue weighted by Crippen LogP contribution is 2.10. The number of rotatable bonds is 6. The molecule has 0 aliphatic carbocycles. The summed E-state index contributed by atoms with van der Waals surface area (Å²) < 4.78 is 4.97. The molecule has 0 unspecified atom stereocenters. The first-order valence-electron chi connectivity index (χ1n) is 7.22. The maximum Gasteiger partial charge on any atom is 0.323 e. The standard InChI is InChI=1S/C16H22N4O2/c1-13-11-15(18-22-13)17-16(21)20(10-9-19(2)3)12-14-7-5-4-6-8-14/h4-8,11H,9-10,12H2,1-3H3,(H,17,18,21). The molecule has 1 heterocycles. The van der Waals surface area contributed by atoms with Crippen LogP contribution in [0.15, 0.2) is 40.9 Å². The Morgan fingerprint density at radius 1 is 1.23 bits per heavy atom. The summed E-state index contributed by atoms with van der Waals surface area (Å²) in [6.07, 6.45) is 0. The van der Waals surface area contributed by atoms with Gasteiger partial charge in [0.05, 0.1) is 0 Å². The number of carbonyl (C=O) groups is 1. The minimum absolute atomic E-state index is 0.181. The maximum atomic E-state index is 12.5. The molecule has 1 aromatic heterocycles. The zero-order chi connectivity index (χ0) is 15.9. The fourth-order valence-corrected chi connectivity index (χ4v) is 1.99. The van der Waals surface area contributed by atoms with E-state index in [2.05, 4.69) is 10.5 Å². The average Bonchev–Trinajstić information content (AvgIpc) is 2.89. The van der Waals surface area contributed by atoms with E-state index in [-0.39, 0.29) is 6.03 Å². The molecule has 2 amide bonds. The third-order valence-corrected chi connectivity index (χ3v) is 3.18. The van der Waals surface area contributed by atoms with Crippen LogP contribution in [0.5, 0.6) is 0 Å². The fraction of sp³-hybridized carbons (Fsp3) is 0.375. The van der Waals surface area contributed by atoms with Crippen molar-refractivity contribution in [3.05, 3.63) is 47.7 Å². The van der Waals surface area contributed by atoms with Crippen LogP contribution < -0.4 is 5.32 Å². The number of anilines is 1. The van der Waals surface area contributed by atoms with Crippen LogP contribution in [-0.4, -0.2) is 48.2 Å². The number of aromatic nitrogens is 1. The first-order valence-corrected chi connectivity index (χ1v) is 7.22. The minimum atomic E-state index is -0.181. The molecule has 2 rings (SSSR count). The van der Waals surface area contributed by atoms with Crippen molar-refractivity contribution in [1.29, 1.82) is 0 Å². The molecule has 0 aliphatic rings. The Kier molecular flexibility index (Phi) is 5.55. The van der Waals surface area contributed by atoms with E-state index in [1.54, 1.807) is 17.9 Å². The molecular weight excluding hydrogens is 280 g/mol. The first-order chi connectivity index (χ1) is 10.5. The predicted octanol–water partition coefficient (Wildman–Crippen LogP) is 2.58. The van der Waals surface area contributed by atoms with Gasteiger partial charge < -0.3 is 14.3 Å². The third-order valence-electron chi connectivity index (χ3n) is 3.18. The summed E-state index contributed by atoms with van der Waals surface area (Å²) in [7, 11) is 3.97. The smallest absolute Gasteiger partial charge is 0.323 e. The largest absolute Gasteiger partial charge is 0.360 e. The van der Waals surface area contributed by atoms with Crippen LogP contribution in [0.4, 0.5) is 10.6 Å². The molecule has 0 spiro atoms. The Hall–Kier alpha value is -2.34. The number of benzene rings is 1. The Morgan fingerprint density at radius 2 is 1.95 bits per heavy atom. The zero-order valence-electron chi connectivity index (χ0n) is 13.2. The normalized spacial score (nSPS) is 10.7. The van der Waals surface area contributed by atoms with Gasteiger partial charge in [-0.25, -0.2) is 4.79 Å². The number of hydrogen-bond donors (Lipinski definition) is 1. The van der Waals surface area contributed by atoms with Crippen LogP contribution in [0.1, 0.15) is 11.3 Å². The van der Waals surface area contributed by atoms with Gasteiger partial charge in [-0.1, -0.05) is 35.5 Å². The molecule has 1 N–H and O–H groups in total. The monoisotopic (exact) mass is 302 g/mol. The van der Waals surface area contributed by atoms with Gasteiger partial charge in [-0.15, -0.1) is 0 Å². The molecule has 6 heteroatoms. The van der Waals surface area contributed by atoms with E-state index in [4.69, 9.17) is 4.52 Å². The van der Waals surface area contributed by atoms with Gasteiger partial charge in [-0.2, -0.15) is 0 Å². The van der Waals surface area contributed by atoms with Gasteiger partial charge in [0.2, 0.25) is 0 Å².